The maximum absolute atomic E-state index is 5.18. The Labute approximate surface area is 102 Å². The van der Waals surface area contributed by atoms with Crippen molar-refractivity contribution in [2.24, 2.45) is 0 Å². The number of rotatable bonds is 3. The Hall–Kier alpha value is -1.35. The Bertz CT molecular complexity index is 508. The summed E-state index contributed by atoms with van der Waals surface area (Å²) in [6.45, 7) is 8.14. The van der Waals surface area contributed by atoms with Gasteiger partial charge in [0, 0.05) is 19.1 Å². The maximum Gasteiger partial charge on any atom is 0.115 e. The Morgan fingerprint density at radius 3 is 2.59 bits per heavy atom. The molecule has 0 unspecified atom stereocenters. The lowest BCUT2D eigenvalue weighted by molar-refractivity contribution is 0.186. The molecule has 0 N–H and O–H groups in total. The molecule has 0 spiro atoms. The molecule has 1 aromatic carbocycles. The van der Waals surface area contributed by atoms with Crippen LogP contribution in [-0.2, 0) is 16.7 Å². The molecule has 3 nitrogen and oxygen atoms in total. The topological polar surface area (TPSA) is 27.1 Å². The summed E-state index contributed by atoms with van der Waals surface area (Å²) in [5.41, 5.74) is 2.30. The molecule has 0 amide bonds. The van der Waals surface area contributed by atoms with Crippen LogP contribution in [-0.4, -0.2) is 23.3 Å². The number of para-hydroxylation sites is 2. The first-order chi connectivity index (χ1) is 8.04. The van der Waals surface area contributed by atoms with Gasteiger partial charge in [0.25, 0.3) is 0 Å². The lowest BCUT2D eigenvalue weighted by Gasteiger charge is -2.20. The zero-order chi connectivity index (χ0) is 12.5. The second-order valence-electron chi connectivity index (χ2n) is 5.32. The van der Waals surface area contributed by atoms with E-state index in [1.807, 2.05) is 6.07 Å². The van der Waals surface area contributed by atoms with Gasteiger partial charge in [-0.2, -0.15) is 0 Å². The zero-order valence-corrected chi connectivity index (χ0v) is 11.0. The lowest BCUT2D eigenvalue weighted by Crippen LogP contribution is -2.20. The molecule has 0 saturated carbocycles. The van der Waals surface area contributed by atoms with Gasteiger partial charge in [0.15, 0.2) is 0 Å². The predicted molar refractivity (Wildman–Crippen MR) is 70.3 cm³/mol. The van der Waals surface area contributed by atoms with Crippen molar-refractivity contribution in [2.75, 3.05) is 13.7 Å². The number of nitrogens with zero attached hydrogens (tertiary/aromatic N) is 2. The van der Waals surface area contributed by atoms with E-state index in [1.54, 1.807) is 7.11 Å². The molecule has 0 bridgehead atoms. The summed E-state index contributed by atoms with van der Waals surface area (Å²) in [5.74, 6) is 1.12. The number of imidazole rings is 1. The van der Waals surface area contributed by atoms with Crippen LogP contribution in [0.25, 0.3) is 11.0 Å². The summed E-state index contributed by atoms with van der Waals surface area (Å²) in [4.78, 5) is 4.74. The number of hydrogen-bond acceptors (Lipinski definition) is 2. The third-order valence-corrected chi connectivity index (χ3v) is 2.84. The molecule has 2 aromatic rings. The van der Waals surface area contributed by atoms with E-state index in [0.29, 0.717) is 6.61 Å². The highest BCUT2D eigenvalue weighted by molar-refractivity contribution is 5.76. The molecule has 0 fully saturated rings. The normalized spacial score (nSPS) is 12.2. The largest absolute Gasteiger partial charge is 0.383 e. The van der Waals surface area contributed by atoms with Crippen LogP contribution in [0.1, 0.15) is 26.6 Å². The lowest BCUT2D eigenvalue weighted by atomic mass is 9.95. The van der Waals surface area contributed by atoms with Crippen LogP contribution < -0.4 is 0 Å². The molecular formula is C14H20N2O. The highest BCUT2D eigenvalue weighted by Crippen LogP contribution is 2.26. The second kappa shape index (κ2) is 4.49. The van der Waals surface area contributed by atoms with Crippen molar-refractivity contribution in [2.45, 2.75) is 32.7 Å². The van der Waals surface area contributed by atoms with Crippen molar-refractivity contribution in [3.8, 4) is 0 Å². The standard InChI is InChI=1S/C14H20N2O/c1-14(2,3)13-15-11-7-5-6-8-12(11)16(13)9-10-17-4/h5-8H,9-10H2,1-4H3. The van der Waals surface area contributed by atoms with E-state index in [-0.39, 0.29) is 5.41 Å². The Morgan fingerprint density at radius 2 is 1.94 bits per heavy atom. The minimum atomic E-state index is 0.0484. The van der Waals surface area contributed by atoms with Crippen LogP contribution >= 0.6 is 0 Å². The molecule has 1 heterocycles. The summed E-state index contributed by atoms with van der Waals surface area (Å²) in [5, 5.41) is 0. The van der Waals surface area contributed by atoms with E-state index < -0.39 is 0 Å². The fraction of sp³-hybridized carbons (Fsp3) is 0.500. The summed E-state index contributed by atoms with van der Waals surface area (Å²) in [7, 11) is 1.73. The summed E-state index contributed by atoms with van der Waals surface area (Å²) < 4.78 is 7.45. The summed E-state index contributed by atoms with van der Waals surface area (Å²) in [6, 6.07) is 8.27. The summed E-state index contributed by atoms with van der Waals surface area (Å²) in [6.07, 6.45) is 0. The SMILES string of the molecule is COCCn1c(C(C)(C)C)nc2ccccc21. The molecule has 3 heteroatoms. The van der Waals surface area contributed by atoms with Crippen molar-refractivity contribution in [3.05, 3.63) is 30.1 Å². The Balaban J connectivity index is 2.57. The number of methoxy groups -OCH3 is 1. The van der Waals surface area contributed by atoms with Crippen LogP contribution in [0, 0.1) is 0 Å². The molecule has 92 valence electrons. The second-order valence-corrected chi connectivity index (χ2v) is 5.32. The van der Waals surface area contributed by atoms with Crippen molar-refractivity contribution in [1.82, 2.24) is 9.55 Å². The highest BCUT2D eigenvalue weighted by Gasteiger charge is 2.22. The molecular weight excluding hydrogens is 212 g/mol. The molecule has 0 saturated heterocycles. The molecule has 1 aromatic heterocycles. The first-order valence-corrected chi connectivity index (χ1v) is 5.98. The number of aromatic nitrogens is 2. The van der Waals surface area contributed by atoms with Crippen LogP contribution in [0.3, 0.4) is 0 Å². The van der Waals surface area contributed by atoms with Crippen molar-refractivity contribution >= 4 is 11.0 Å². The molecule has 0 aliphatic carbocycles. The van der Waals surface area contributed by atoms with E-state index in [0.717, 1.165) is 17.9 Å². The van der Waals surface area contributed by atoms with Crippen LogP contribution in [0.15, 0.2) is 24.3 Å². The Kier molecular flexibility index (Phi) is 3.20. The van der Waals surface area contributed by atoms with Crippen molar-refractivity contribution in [3.63, 3.8) is 0 Å². The first-order valence-electron chi connectivity index (χ1n) is 5.98. The van der Waals surface area contributed by atoms with Crippen LogP contribution in [0.5, 0.6) is 0 Å². The van der Waals surface area contributed by atoms with Gasteiger partial charge < -0.3 is 9.30 Å². The van der Waals surface area contributed by atoms with Crippen molar-refractivity contribution in [1.29, 1.82) is 0 Å². The molecule has 0 aliphatic rings. The number of hydrogen-bond donors (Lipinski definition) is 0. The van der Waals surface area contributed by atoms with Gasteiger partial charge in [-0.25, -0.2) is 4.98 Å². The van der Waals surface area contributed by atoms with E-state index in [9.17, 15) is 0 Å². The summed E-state index contributed by atoms with van der Waals surface area (Å²) >= 11 is 0. The monoisotopic (exact) mass is 232 g/mol. The third-order valence-electron chi connectivity index (χ3n) is 2.84. The third kappa shape index (κ3) is 2.34. The van der Waals surface area contributed by atoms with Gasteiger partial charge in [-0.1, -0.05) is 32.9 Å². The van der Waals surface area contributed by atoms with E-state index in [4.69, 9.17) is 9.72 Å². The zero-order valence-electron chi connectivity index (χ0n) is 11.0. The number of fused-ring (bicyclic) bond motifs is 1. The van der Waals surface area contributed by atoms with Gasteiger partial charge in [-0.3, -0.25) is 0 Å². The fourth-order valence-electron chi connectivity index (χ4n) is 2.06. The van der Waals surface area contributed by atoms with Crippen LogP contribution in [0.2, 0.25) is 0 Å². The highest BCUT2D eigenvalue weighted by atomic mass is 16.5. The molecule has 2 rings (SSSR count). The minimum Gasteiger partial charge on any atom is -0.383 e. The molecule has 0 radical (unpaired) electrons. The molecule has 17 heavy (non-hydrogen) atoms. The van der Waals surface area contributed by atoms with Gasteiger partial charge in [-0.05, 0) is 12.1 Å². The quantitative estimate of drug-likeness (QED) is 0.813. The Morgan fingerprint density at radius 1 is 1.24 bits per heavy atom. The van der Waals surface area contributed by atoms with E-state index >= 15 is 0 Å². The van der Waals surface area contributed by atoms with Crippen molar-refractivity contribution < 1.29 is 4.74 Å². The molecule has 0 atom stereocenters. The van der Waals surface area contributed by atoms with Gasteiger partial charge in [0.05, 0.1) is 17.6 Å². The van der Waals surface area contributed by atoms with Crippen LogP contribution in [0.4, 0.5) is 0 Å². The van der Waals surface area contributed by atoms with Gasteiger partial charge in [-0.15, -0.1) is 0 Å². The predicted octanol–water partition coefficient (Wildman–Crippen LogP) is 2.98. The van der Waals surface area contributed by atoms with Gasteiger partial charge in [0.2, 0.25) is 0 Å². The minimum absolute atomic E-state index is 0.0484. The maximum atomic E-state index is 5.18. The van der Waals surface area contributed by atoms with Gasteiger partial charge in [0.1, 0.15) is 5.82 Å². The van der Waals surface area contributed by atoms with E-state index in [1.165, 1.54) is 5.52 Å². The molecule has 0 aliphatic heterocycles. The number of ether oxygens (including phenoxy) is 1. The average Bonchev–Trinajstić information content (AvgIpc) is 2.65. The van der Waals surface area contributed by atoms with Gasteiger partial charge >= 0.3 is 0 Å². The first kappa shape index (κ1) is 12.1. The average molecular weight is 232 g/mol. The fourth-order valence-corrected chi connectivity index (χ4v) is 2.06. The number of benzene rings is 1. The smallest absolute Gasteiger partial charge is 0.115 e. The van der Waals surface area contributed by atoms with E-state index in [2.05, 4.69) is 43.5 Å².